The minimum absolute atomic E-state index is 0.153. The lowest BCUT2D eigenvalue weighted by molar-refractivity contribution is -0.387. The second-order valence-electron chi connectivity index (χ2n) is 5.73. The highest BCUT2D eigenvalue weighted by molar-refractivity contribution is 5.69. The Balaban J connectivity index is 2.32. The summed E-state index contributed by atoms with van der Waals surface area (Å²) in [7, 11) is 0. The molecule has 0 N–H and O–H groups in total. The molecule has 2 rings (SSSR count). The standard InChI is InChI=1S/C16H19F2N3O6/c1-3-26-16(23)20-6-4-19(5-7-20)15-11(9-27-10(2)22)14(18)13(21(24)25)8-12(15)17/h8H,3-7,9H2,1-2H3. The van der Waals surface area contributed by atoms with E-state index in [-0.39, 0.29) is 38.5 Å². The molecule has 0 bridgehead atoms. The third kappa shape index (κ3) is 4.60. The summed E-state index contributed by atoms with van der Waals surface area (Å²) in [6.07, 6.45) is -0.507. The third-order valence-corrected chi connectivity index (χ3v) is 4.00. The molecule has 1 aliphatic rings. The van der Waals surface area contributed by atoms with Crippen molar-refractivity contribution < 1.29 is 32.8 Å². The molecule has 1 aliphatic heterocycles. The highest BCUT2D eigenvalue weighted by Gasteiger charge is 2.31. The van der Waals surface area contributed by atoms with E-state index in [4.69, 9.17) is 9.47 Å². The molecule has 1 aromatic carbocycles. The number of nitrogens with zero attached hydrogens (tertiary/aromatic N) is 3. The molecule has 0 aromatic heterocycles. The Bertz CT molecular complexity index is 750. The van der Waals surface area contributed by atoms with Crippen LogP contribution >= 0.6 is 0 Å². The van der Waals surface area contributed by atoms with Crippen LogP contribution in [-0.2, 0) is 20.9 Å². The number of ether oxygens (including phenoxy) is 2. The molecular formula is C16H19F2N3O6. The number of rotatable bonds is 5. The zero-order valence-electron chi connectivity index (χ0n) is 14.9. The molecule has 1 aromatic rings. The zero-order chi connectivity index (χ0) is 20.1. The van der Waals surface area contributed by atoms with Crippen molar-refractivity contribution in [2.75, 3.05) is 37.7 Å². The Labute approximate surface area is 153 Å². The molecule has 11 heteroatoms. The summed E-state index contributed by atoms with van der Waals surface area (Å²) in [5.41, 5.74) is -1.67. The van der Waals surface area contributed by atoms with Crippen molar-refractivity contribution in [1.82, 2.24) is 4.90 Å². The van der Waals surface area contributed by atoms with E-state index in [2.05, 4.69) is 0 Å². The lowest BCUT2D eigenvalue weighted by atomic mass is 10.1. The van der Waals surface area contributed by atoms with E-state index < -0.39 is 46.5 Å². The van der Waals surface area contributed by atoms with Crippen molar-refractivity contribution in [3.8, 4) is 0 Å². The number of halogens is 2. The highest BCUT2D eigenvalue weighted by atomic mass is 19.1. The van der Waals surface area contributed by atoms with Gasteiger partial charge in [-0.25, -0.2) is 9.18 Å². The van der Waals surface area contributed by atoms with Gasteiger partial charge in [0.1, 0.15) is 6.61 Å². The lowest BCUT2D eigenvalue weighted by Crippen LogP contribution is -2.49. The van der Waals surface area contributed by atoms with E-state index in [1.54, 1.807) is 6.92 Å². The average Bonchev–Trinajstić information content (AvgIpc) is 2.62. The molecule has 1 heterocycles. The Morgan fingerprint density at radius 3 is 2.37 bits per heavy atom. The maximum absolute atomic E-state index is 14.6. The number of hydrogen-bond donors (Lipinski definition) is 0. The predicted molar refractivity (Wildman–Crippen MR) is 89.3 cm³/mol. The van der Waals surface area contributed by atoms with Crippen molar-refractivity contribution in [3.63, 3.8) is 0 Å². The van der Waals surface area contributed by atoms with Gasteiger partial charge in [-0.05, 0) is 6.92 Å². The molecule has 0 unspecified atom stereocenters. The molecule has 0 saturated carbocycles. The number of amides is 1. The molecule has 0 spiro atoms. The van der Waals surface area contributed by atoms with Gasteiger partial charge in [-0.3, -0.25) is 14.9 Å². The van der Waals surface area contributed by atoms with Gasteiger partial charge >= 0.3 is 17.7 Å². The first kappa shape index (κ1) is 20.3. The minimum atomic E-state index is -1.26. The van der Waals surface area contributed by atoms with Crippen molar-refractivity contribution in [2.45, 2.75) is 20.5 Å². The van der Waals surface area contributed by atoms with Crippen LogP contribution in [0.1, 0.15) is 19.4 Å². The topological polar surface area (TPSA) is 102 Å². The fourth-order valence-corrected chi connectivity index (χ4v) is 2.76. The smallest absolute Gasteiger partial charge is 0.409 e. The third-order valence-electron chi connectivity index (χ3n) is 4.00. The number of carbonyl (C=O) groups is 2. The molecule has 1 amide bonds. The van der Waals surface area contributed by atoms with Crippen LogP contribution in [0.3, 0.4) is 0 Å². The molecule has 0 atom stereocenters. The van der Waals surface area contributed by atoms with Gasteiger partial charge in [0.25, 0.3) is 0 Å². The van der Waals surface area contributed by atoms with Crippen LogP contribution in [0.2, 0.25) is 0 Å². The number of benzene rings is 1. The number of nitro groups is 1. The number of hydrogen-bond acceptors (Lipinski definition) is 7. The van der Waals surface area contributed by atoms with Gasteiger partial charge in [-0.2, -0.15) is 4.39 Å². The van der Waals surface area contributed by atoms with Crippen LogP contribution in [0.15, 0.2) is 6.07 Å². The van der Waals surface area contributed by atoms with Crippen LogP contribution in [0.5, 0.6) is 0 Å². The largest absolute Gasteiger partial charge is 0.461 e. The molecule has 1 fully saturated rings. The summed E-state index contributed by atoms with van der Waals surface area (Å²) in [5, 5.41) is 11.0. The Hall–Kier alpha value is -2.98. The molecule has 148 valence electrons. The minimum Gasteiger partial charge on any atom is -0.461 e. The van der Waals surface area contributed by atoms with Crippen LogP contribution in [0.4, 0.5) is 25.0 Å². The molecule has 9 nitrogen and oxygen atoms in total. The second-order valence-corrected chi connectivity index (χ2v) is 5.73. The summed E-state index contributed by atoms with van der Waals surface area (Å²) < 4.78 is 38.8. The van der Waals surface area contributed by atoms with Crippen molar-refractivity contribution >= 4 is 23.4 Å². The fourth-order valence-electron chi connectivity index (χ4n) is 2.76. The molecule has 27 heavy (non-hydrogen) atoms. The number of carbonyl (C=O) groups excluding carboxylic acids is 2. The highest BCUT2D eigenvalue weighted by Crippen LogP contribution is 2.34. The maximum Gasteiger partial charge on any atom is 0.409 e. The summed E-state index contributed by atoms with van der Waals surface area (Å²) >= 11 is 0. The van der Waals surface area contributed by atoms with E-state index in [1.807, 2.05) is 0 Å². The van der Waals surface area contributed by atoms with Crippen LogP contribution < -0.4 is 4.90 Å². The van der Waals surface area contributed by atoms with Gasteiger partial charge < -0.3 is 19.3 Å². The number of nitro benzene ring substituents is 1. The fraction of sp³-hybridized carbons (Fsp3) is 0.500. The zero-order valence-corrected chi connectivity index (χ0v) is 14.9. The van der Waals surface area contributed by atoms with Crippen LogP contribution in [-0.4, -0.2) is 54.7 Å². The lowest BCUT2D eigenvalue weighted by Gasteiger charge is -2.36. The van der Waals surface area contributed by atoms with E-state index in [0.29, 0.717) is 6.07 Å². The van der Waals surface area contributed by atoms with Crippen molar-refractivity contribution in [1.29, 1.82) is 0 Å². The monoisotopic (exact) mass is 387 g/mol. The Morgan fingerprint density at radius 1 is 1.22 bits per heavy atom. The first-order valence-corrected chi connectivity index (χ1v) is 8.21. The molecule has 0 aliphatic carbocycles. The van der Waals surface area contributed by atoms with Gasteiger partial charge in [-0.15, -0.1) is 0 Å². The average molecular weight is 387 g/mol. The van der Waals surface area contributed by atoms with Gasteiger partial charge in [-0.1, -0.05) is 0 Å². The van der Waals surface area contributed by atoms with E-state index in [9.17, 15) is 28.5 Å². The quantitative estimate of drug-likeness (QED) is 0.434. The van der Waals surface area contributed by atoms with Gasteiger partial charge in [0.15, 0.2) is 5.82 Å². The van der Waals surface area contributed by atoms with Gasteiger partial charge in [0.2, 0.25) is 5.82 Å². The first-order valence-electron chi connectivity index (χ1n) is 8.21. The maximum atomic E-state index is 14.6. The van der Waals surface area contributed by atoms with Crippen LogP contribution in [0, 0.1) is 21.7 Å². The SMILES string of the molecule is CCOC(=O)N1CCN(c2c(F)cc([N+](=O)[O-])c(F)c2COC(C)=O)CC1. The van der Waals surface area contributed by atoms with Gasteiger partial charge in [0, 0.05) is 33.1 Å². The van der Waals surface area contributed by atoms with E-state index in [0.717, 1.165) is 6.92 Å². The normalized spacial score (nSPS) is 14.1. The Morgan fingerprint density at radius 2 is 1.85 bits per heavy atom. The summed E-state index contributed by atoms with van der Waals surface area (Å²) in [5.74, 6) is -3.00. The number of esters is 1. The van der Waals surface area contributed by atoms with E-state index >= 15 is 0 Å². The molecular weight excluding hydrogens is 368 g/mol. The van der Waals surface area contributed by atoms with Crippen molar-refractivity contribution in [2.24, 2.45) is 0 Å². The number of anilines is 1. The Kier molecular flexibility index (Phi) is 6.48. The first-order chi connectivity index (χ1) is 12.8. The summed E-state index contributed by atoms with van der Waals surface area (Å²) in [6, 6.07) is 0.500. The van der Waals surface area contributed by atoms with Crippen molar-refractivity contribution in [3.05, 3.63) is 33.4 Å². The van der Waals surface area contributed by atoms with E-state index in [1.165, 1.54) is 9.80 Å². The van der Waals surface area contributed by atoms with Gasteiger partial charge in [0.05, 0.1) is 28.8 Å². The second kappa shape index (κ2) is 8.60. The molecule has 0 radical (unpaired) electrons. The molecule has 1 saturated heterocycles. The summed E-state index contributed by atoms with van der Waals surface area (Å²) in [6.45, 7) is 3.03. The number of piperazine rings is 1. The predicted octanol–water partition coefficient (Wildman–Crippen LogP) is 2.21. The van der Waals surface area contributed by atoms with Crippen LogP contribution in [0.25, 0.3) is 0 Å². The summed E-state index contributed by atoms with van der Waals surface area (Å²) in [4.78, 5) is 35.6.